The van der Waals surface area contributed by atoms with Crippen LogP contribution in [0.2, 0.25) is 0 Å². The molecule has 1 fully saturated rings. The van der Waals surface area contributed by atoms with E-state index in [1.807, 2.05) is 6.92 Å². The van der Waals surface area contributed by atoms with Crippen LogP contribution in [-0.2, 0) is 10.0 Å². The highest BCUT2D eigenvalue weighted by Gasteiger charge is 2.30. The summed E-state index contributed by atoms with van der Waals surface area (Å²) in [6, 6.07) is 13.0. The predicted molar refractivity (Wildman–Crippen MR) is 114 cm³/mol. The van der Waals surface area contributed by atoms with Crippen LogP contribution in [-0.4, -0.2) is 50.6 Å². The molecule has 0 radical (unpaired) electrons. The van der Waals surface area contributed by atoms with Crippen LogP contribution in [0.3, 0.4) is 0 Å². The van der Waals surface area contributed by atoms with Crippen molar-refractivity contribution in [3.05, 3.63) is 59.7 Å². The number of amides is 1. The van der Waals surface area contributed by atoms with E-state index in [0.29, 0.717) is 17.7 Å². The van der Waals surface area contributed by atoms with E-state index < -0.39 is 16.1 Å². The fourth-order valence-electron chi connectivity index (χ4n) is 3.74. The molecule has 1 N–H and O–H groups in total. The molecule has 2 aromatic rings. The maximum absolute atomic E-state index is 13.0. The van der Waals surface area contributed by atoms with Crippen molar-refractivity contribution in [1.29, 1.82) is 0 Å². The molecular formula is C22H28N2O4S. The Morgan fingerprint density at radius 1 is 1.03 bits per heavy atom. The second-order valence-corrected chi connectivity index (χ2v) is 9.64. The molecular weight excluding hydrogens is 388 g/mol. The van der Waals surface area contributed by atoms with Crippen molar-refractivity contribution in [3.63, 3.8) is 0 Å². The molecule has 3 rings (SSSR count). The van der Waals surface area contributed by atoms with E-state index in [1.54, 1.807) is 60.5 Å². The van der Waals surface area contributed by atoms with Crippen molar-refractivity contribution in [2.75, 3.05) is 18.4 Å². The largest absolute Gasteiger partial charge is 0.391 e. The molecule has 0 heterocycles. The van der Waals surface area contributed by atoms with Gasteiger partial charge in [-0.25, -0.2) is 8.42 Å². The van der Waals surface area contributed by atoms with E-state index in [9.17, 15) is 18.3 Å². The molecule has 0 spiro atoms. The highest BCUT2D eigenvalue weighted by atomic mass is 32.2. The molecule has 156 valence electrons. The Balaban J connectivity index is 1.84. The zero-order chi connectivity index (χ0) is 21.2. The average molecular weight is 417 g/mol. The average Bonchev–Trinajstić information content (AvgIpc) is 2.73. The maximum atomic E-state index is 13.0. The lowest BCUT2D eigenvalue weighted by atomic mass is 9.91. The third-order valence-electron chi connectivity index (χ3n) is 5.65. The number of benzene rings is 2. The van der Waals surface area contributed by atoms with E-state index in [2.05, 4.69) is 0 Å². The molecule has 2 aromatic carbocycles. The van der Waals surface area contributed by atoms with Crippen LogP contribution < -0.4 is 4.31 Å². The number of likely N-dealkylation sites (N-methyl/N-ethyl adjacent to an activating group) is 1. The lowest BCUT2D eigenvalue weighted by Crippen LogP contribution is -2.46. The van der Waals surface area contributed by atoms with Crippen molar-refractivity contribution < 1.29 is 18.3 Å². The van der Waals surface area contributed by atoms with Gasteiger partial charge in [0, 0.05) is 19.7 Å². The van der Waals surface area contributed by atoms with Crippen LogP contribution in [0.4, 0.5) is 5.69 Å². The van der Waals surface area contributed by atoms with Crippen LogP contribution in [0.5, 0.6) is 0 Å². The lowest BCUT2D eigenvalue weighted by Gasteiger charge is -2.35. The van der Waals surface area contributed by atoms with Gasteiger partial charge in [0.1, 0.15) is 0 Å². The first-order valence-corrected chi connectivity index (χ1v) is 11.3. The summed E-state index contributed by atoms with van der Waals surface area (Å²) in [7, 11) is -0.557. The number of sulfonamides is 1. The quantitative estimate of drug-likeness (QED) is 0.812. The molecule has 7 heteroatoms. The number of aliphatic hydroxyl groups is 1. The summed E-state index contributed by atoms with van der Waals surface area (Å²) in [6.07, 6.45) is 2.89. The molecule has 2 unspecified atom stereocenters. The van der Waals surface area contributed by atoms with Gasteiger partial charge < -0.3 is 10.0 Å². The number of hydrogen-bond donors (Lipinski definition) is 1. The van der Waals surface area contributed by atoms with E-state index in [1.165, 1.54) is 11.4 Å². The van der Waals surface area contributed by atoms with Gasteiger partial charge in [0.05, 0.1) is 22.7 Å². The molecule has 1 aliphatic rings. The normalized spacial score (nSPS) is 19.6. The van der Waals surface area contributed by atoms with Crippen molar-refractivity contribution in [2.45, 2.75) is 49.6 Å². The predicted octanol–water partition coefficient (Wildman–Crippen LogP) is 3.20. The summed E-state index contributed by atoms with van der Waals surface area (Å²) in [5.41, 5.74) is 1.79. The minimum Gasteiger partial charge on any atom is -0.391 e. The Labute approximate surface area is 172 Å². The minimum atomic E-state index is -3.73. The molecule has 1 saturated carbocycles. The second kappa shape index (κ2) is 8.55. The number of carbonyl (C=O) groups excluding carboxylic acids is 1. The molecule has 0 saturated heterocycles. The summed E-state index contributed by atoms with van der Waals surface area (Å²) < 4.78 is 27.1. The van der Waals surface area contributed by atoms with E-state index in [4.69, 9.17) is 0 Å². The first-order valence-electron chi connectivity index (χ1n) is 9.82. The number of rotatable bonds is 5. The third-order valence-corrected chi connectivity index (χ3v) is 7.45. The summed E-state index contributed by atoms with van der Waals surface area (Å²) in [6.45, 7) is 1.90. The summed E-state index contributed by atoms with van der Waals surface area (Å²) in [5, 5.41) is 10.2. The van der Waals surface area contributed by atoms with Crippen molar-refractivity contribution in [2.24, 2.45) is 0 Å². The fourth-order valence-corrected chi connectivity index (χ4v) is 4.93. The molecule has 1 amide bonds. The molecule has 0 aliphatic heterocycles. The molecule has 29 heavy (non-hydrogen) atoms. The van der Waals surface area contributed by atoms with E-state index in [0.717, 1.165) is 24.8 Å². The van der Waals surface area contributed by atoms with Gasteiger partial charge in [-0.3, -0.25) is 9.10 Å². The van der Waals surface area contributed by atoms with Gasteiger partial charge in [0.25, 0.3) is 15.9 Å². The van der Waals surface area contributed by atoms with E-state index >= 15 is 0 Å². The van der Waals surface area contributed by atoms with Gasteiger partial charge in [-0.05, 0) is 50.1 Å². The topological polar surface area (TPSA) is 77.9 Å². The molecule has 1 aliphatic carbocycles. The Morgan fingerprint density at radius 3 is 2.34 bits per heavy atom. The van der Waals surface area contributed by atoms with Crippen LogP contribution in [0, 0.1) is 6.92 Å². The summed E-state index contributed by atoms with van der Waals surface area (Å²) >= 11 is 0. The first-order chi connectivity index (χ1) is 13.7. The maximum Gasteiger partial charge on any atom is 0.264 e. The Kier molecular flexibility index (Phi) is 6.29. The number of aryl methyl sites for hydroxylation is 1. The zero-order valence-corrected chi connectivity index (χ0v) is 17.9. The van der Waals surface area contributed by atoms with Crippen molar-refractivity contribution >= 4 is 21.6 Å². The number of anilines is 1. The van der Waals surface area contributed by atoms with E-state index in [-0.39, 0.29) is 16.8 Å². The number of hydrogen-bond acceptors (Lipinski definition) is 4. The molecule has 6 nitrogen and oxygen atoms in total. The number of carbonyl (C=O) groups is 1. The van der Waals surface area contributed by atoms with Gasteiger partial charge in [-0.2, -0.15) is 0 Å². The standard InChI is InChI=1S/C22H28N2O4S/c1-16-11-13-19(14-12-16)29(27,28)24(3)18-8-6-7-17(15-18)22(26)23(2)20-9-4-5-10-21(20)25/h6-8,11-15,20-21,25H,4-5,9-10H2,1-3H3. The van der Waals surface area contributed by atoms with Gasteiger partial charge in [0.2, 0.25) is 0 Å². The molecule has 0 bridgehead atoms. The van der Waals surface area contributed by atoms with Crippen LogP contribution in [0.1, 0.15) is 41.6 Å². The van der Waals surface area contributed by atoms with Gasteiger partial charge in [-0.15, -0.1) is 0 Å². The van der Waals surface area contributed by atoms with Crippen LogP contribution in [0.25, 0.3) is 0 Å². The van der Waals surface area contributed by atoms with Gasteiger partial charge >= 0.3 is 0 Å². The molecule has 0 aromatic heterocycles. The third kappa shape index (κ3) is 4.46. The highest BCUT2D eigenvalue weighted by Crippen LogP contribution is 2.26. The lowest BCUT2D eigenvalue weighted by molar-refractivity contribution is 0.0268. The number of nitrogens with zero attached hydrogens (tertiary/aromatic N) is 2. The Bertz CT molecular complexity index is 973. The Hall–Kier alpha value is -2.38. The fraction of sp³-hybridized carbons (Fsp3) is 0.409. The van der Waals surface area contributed by atoms with Crippen LogP contribution >= 0.6 is 0 Å². The molecule has 2 atom stereocenters. The van der Waals surface area contributed by atoms with Crippen LogP contribution in [0.15, 0.2) is 53.4 Å². The second-order valence-electron chi connectivity index (χ2n) is 7.67. The summed E-state index contributed by atoms with van der Waals surface area (Å²) in [4.78, 5) is 14.7. The van der Waals surface area contributed by atoms with Crippen molar-refractivity contribution in [3.8, 4) is 0 Å². The monoisotopic (exact) mass is 416 g/mol. The minimum absolute atomic E-state index is 0.199. The number of aliphatic hydroxyl groups excluding tert-OH is 1. The summed E-state index contributed by atoms with van der Waals surface area (Å²) in [5.74, 6) is -0.223. The first kappa shape index (κ1) is 21.3. The zero-order valence-electron chi connectivity index (χ0n) is 17.1. The van der Waals surface area contributed by atoms with Crippen molar-refractivity contribution in [1.82, 2.24) is 4.90 Å². The Morgan fingerprint density at radius 2 is 1.69 bits per heavy atom. The van der Waals surface area contributed by atoms with Gasteiger partial charge in [-0.1, -0.05) is 36.6 Å². The SMILES string of the molecule is Cc1ccc(S(=O)(=O)N(C)c2cccc(C(=O)N(C)C3CCCCC3O)c2)cc1. The smallest absolute Gasteiger partial charge is 0.264 e. The van der Waals surface area contributed by atoms with Gasteiger partial charge in [0.15, 0.2) is 0 Å². The highest BCUT2D eigenvalue weighted by molar-refractivity contribution is 7.92.